The van der Waals surface area contributed by atoms with E-state index in [0.717, 1.165) is 45.6 Å². The van der Waals surface area contributed by atoms with Crippen LogP contribution >= 0.6 is 11.3 Å². The quantitative estimate of drug-likeness (QED) is 0.0762. The minimum absolute atomic E-state index is 0.0200. The van der Waals surface area contributed by atoms with E-state index < -0.39 is 6.10 Å². The largest absolute Gasteiger partial charge is 0.480 e. The van der Waals surface area contributed by atoms with E-state index in [1.54, 1.807) is 79.4 Å². The van der Waals surface area contributed by atoms with Gasteiger partial charge in [-0.05, 0) is 92.1 Å². The van der Waals surface area contributed by atoms with E-state index in [1.165, 1.54) is 66.2 Å². The minimum atomic E-state index is -0.878. The van der Waals surface area contributed by atoms with E-state index >= 15 is 0 Å². The number of hydrogen-bond donors (Lipinski definition) is 3. The van der Waals surface area contributed by atoms with Crippen molar-refractivity contribution in [1.82, 2.24) is 84.5 Å². The van der Waals surface area contributed by atoms with Crippen molar-refractivity contribution in [3.8, 4) is 11.8 Å². The number of rotatable bonds is 17. The van der Waals surface area contributed by atoms with E-state index in [4.69, 9.17) is 24.4 Å². The summed E-state index contributed by atoms with van der Waals surface area (Å²) in [6.45, 7) is 42.5. The van der Waals surface area contributed by atoms with E-state index in [9.17, 15) is 9.59 Å². The van der Waals surface area contributed by atoms with Gasteiger partial charge in [-0.25, -0.2) is 29.9 Å². The molecule has 1 unspecified atom stereocenters. The molecule has 24 nitrogen and oxygen atoms in total. The number of aromatic nitrogens is 17. The predicted octanol–water partition coefficient (Wildman–Crippen LogP) is 14.0. The Bertz CT molecular complexity index is 3620. The number of methoxy groups -OCH3 is 2. The number of aryl methyl sites for hydroxylation is 4. The van der Waals surface area contributed by atoms with Crippen LogP contribution in [0, 0.1) is 13.8 Å². The zero-order valence-corrected chi connectivity index (χ0v) is 64.1. The van der Waals surface area contributed by atoms with E-state index in [1.807, 2.05) is 89.9 Å². The third kappa shape index (κ3) is 35.9. The van der Waals surface area contributed by atoms with Crippen LogP contribution in [0.3, 0.4) is 0 Å². The van der Waals surface area contributed by atoms with Crippen molar-refractivity contribution in [3.63, 3.8) is 0 Å². The molecule has 0 saturated heterocycles. The summed E-state index contributed by atoms with van der Waals surface area (Å²) in [4.78, 5) is 79.5. The molecule has 100 heavy (non-hydrogen) atoms. The van der Waals surface area contributed by atoms with Gasteiger partial charge in [0.25, 0.3) is 11.1 Å². The lowest BCUT2D eigenvalue weighted by atomic mass is 10.0. The molecule has 3 N–H and O–H groups in total. The Morgan fingerprint density at radius 3 is 1.59 bits per heavy atom. The van der Waals surface area contributed by atoms with Crippen LogP contribution in [-0.2, 0) is 24.1 Å². The molecule has 0 radical (unpaired) electrons. The maximum absolute atomic E-state index is 11.4. The first-order chi connectivity index (χ1) is 47.5. The number of hydrogen-bond acceptors (Lipinski definition) is 23. The molecule has 1 aliphatic rings. The molecule has 546 valence electrons. The second-order valence-corrected chi connectivity index (χ2v) is 27.2. The Kier molecular flexibility index (Phi) is 42.8. The number of aromatic amines is 1. The van der Waals surface area contributed by atoms with E-state index in [0.29, 0.717) is 78.2 Å². The highest BCUT2D eigenvalue weighted by atomic mass is 32.1. The second kappa shape index (κ2) is 49.0. The summed E-state index contributed by atoms with van der Waals surface area (Å²) in [5.74, 6) is 5.04. The maximum atomic E-state index is 11.4. The molecule has 0 aliphatic heterocycles. The maximum Gasteiger partial charge on any atom is 0.266 e. The SMILES string of the molecule is CC(C)c1c[nH]c(=O)cn1.CC(C)c1cnc(OCC(O)CO)cn1.CC(C)c1cncnc1.CC(C)c1cnncn1.CC(C)c1nc2c(s1)CCCC2.COCCn1cc(C(C)C)ccc1=O.COc1nccnc1C(C)C.Cc1cnc(C(C)C)cn1.Cc1cncc(C(C)C)n1. The molecule has 0 aromatic carbocycles. The van der Waals surface area contributed by atoms with Crippen LogP contribution in [0.4, 0.5) is 0 Å². The van der Waals surface area contributed by atoms with Crippen molar-refractivity contribution in [1.29, 1.82) is 0 Å². The Balaban J connectivity index is 0.000000384. The van der Waals surface area contributed by atoms with Crippen LogP contribution in [0.5, 0.6) is 11.8 Å². The number of H-pyrrole nitrogens is 1. The van der Waals surface area contributed by atoms with Gasteiger partial charge >= 0.3 is 0 Å². The smallest absolute Gasteiger partial charge is 0.266 e. The molecule has 1 aliphatic carbocycles. The van der Waals surface area contributed by atoms with Gasteiger partial charge in [0.1, 0.15) is 31.1 Å². The minimum Gasteiger partial charge on any atom is -0.480 e. The molecule has 0 amide bonds. The molecule has 1 atom stereocenters. The molecule has 0 spiro atoms. The van der Waals surface area contributed by atoms with E-state index in [2.05, 4.69) is 177 Å². The van der Waals surface area contributed by atoms with Gasteiger partial charge in [-0.1, -0.05) is 131 Å². The monoisotopic (exact) mass is 1400 g/mol. The Morgan fingerprint density at radius 1 is 0.540 bits per heavy atom. The van der Waals surface area contributed by atoms with Gasteiger partial charge in [-0.3, -0.25) is 44.5 Å². The first-order valence-electron chi connectivity index (χ1n) is 34.3. The number of nitrogens with zero attached hydrogens (tertiary/aromatic N) is 16. The second-order valence-electron chi connectivity index (χ2n) is 26.1. The fourth-order valence-corrected chi connectivity index (χ4v) is 9.14. The fourth-order valence-electron chi connectivity index (χ4n) is 7.98. The Labute approximate surface area is 597 Å². The summed E-state index contributed by atoms with van der Waals surface area (Å²) in [7, 11) is 3.24. The van der Waals surface area contributed by atoms with Gasteiger partial charge in [-0.15, -0.1) is 16.4 Å². The topological polar surface area (TPSA) is 316 Å². The number of fused-ring (bicyclic) bond motifs is 1. The van der Waals surface area contributed by atoms with Crippen molar-refractivity contribution >= 4 is 11.3 Å². The first-order valence-corrected chi connectivity index (χ1v) is 35.1. The highest BCUT2D eigenvalue weighted by Gasteiger charge is 2.16. The molecule has 0 bridgehead atoms. The van der Waals surface area contributed by atoms with Crippen molar-refractivity contribution in [2.75, 3.05) is 34.0 Å². The van der Waals surface area contributed by atoms with Crippen molar-refractivity contribution in [3.05, 3.63) is 205 Å². The average molecular weight is 1400 g/mol. The highest BCUT2D eigenvalue weighted by molar-refractivity contribution is 7.11. The molecule has 9 heterocycles. The van der Waals surface area contributed by atoms with E-state index in [-0.39, 0.29) is 24.3 Å². The zero-order chi connectivity index (χ0) is 74.7. The average Bonchev–Trinajstić information content (AvgIpc) is 1.68. The number of aliphatic hydroxyl groups is 2. The van der Waals surface area contributed by atoms with Crippen LogP contribution < -0.4 is 20.6 Å². The Hall–Kier alpha value is -8.65. The van der Waals surface area contributed by atoms with Gasteiger partial charge in [-0.2, -0.15) is 5.10 Å². The summed E-state index contributed by atoms with van der Waals surface area (Å²) in [5.41, 5.74) is 11.5. The van der Waals surface area contributed by atoms with Gasteiger partial charge in [0, 0.05) is 98.4 Å². The number of thiazole rings is 1. The van der Waals surface area contributed by atoms with Crippen LogP contribution in [-0.4, -0.2) is 135 Å². The lowest BCUT2D eigenvalue weighted by molar-refractivity contribution is 0.0519. The highest BCUT2D eigenvalue weighted by Crippen LogP contribution is 2.30. The van der Waals surface area contributed by atoms with Gasteiger partial charge < -0.3 is 34.0 Å². The predicted molar refractivity (Wildman–Crippen MR) is 398 cm³/mol. The van der Waals surface area contributed by atoms with Gasteiger partial charge in [0.2, 0.25) is 11.8 Å². The van der Waals surface area contributed by atoms with Crippen LogP contribution in [0.15, 0.2) is 121 Å². The molecular weight excluding hydrogens is 1280 g/mol. The summed E-state index contributed by atoms with van der Waals surface area (Å²) < 4.78 is 16.8. The molecule has 10 rings (SSSR count). The lowest BCUT2D eigenvalue weighted by Gasteiger charge is -2.09. The number of ether oxygens (including phenoxy) is 3. The number of pyridine rings is 1. The molecule has 0 saturated carbocycles. The Morgan fingerprint density at radius 2 is 1.14 bits per heavy atom. The summed E-state index contributed by atoms with van der Waals surface area (Å²) in [6.07, 6.45) is 31.3. The number of aliphatic hydroxyl groups excluding tert-OH is 2. The lowest BCUT2D eigenvalue weighted by Crippen LogP contribution is -2.21. The summed E-state index contributed by atoms with van der Waals surface area (Å²) in [5, 5.41) is 26.2. The third-order valence-corrected chi connectivity index (χ3v) is 15.7. The molecule has 25 heteroatoms. The number of nitrogens with one attached hydrogen (secondary N) is 1. The van der Waals surface area contributed by atoms with Crippen molar-refractivity contribution in [2.24, 2.45) is 0 Å². The van der Waals surface area contributed by atoms with Crippen LogP contribution in [0.25, 0.3) is 0 Å². The molecule has 9 aromatic heterocycles. The summed E-state index contributed by atoms with van der Waals surface area (Å²) >= 11 is 1.93. The van der Waals surface area contributed by atoms with Crippen molar-refractivity contribution < 1.29 is 24.4 Å². The van der Waals surface area contributed by atoms with Gasteiger partial charge in [0.05, 0.1) is 95.7 Å². The third-order valence-electron chi connectivity index (χ3n) is 14.3. The normalized spacial score (nSPS) is 11.5. The first kappa shape index (κ1) is 87.4. The fraction of sp³-hybridized carbons (Fsp3) is 0.533. The zero-order valence-electron chi connectivity index (χ0n) is 63.3. The van der Waals surface area contributed by atoms with Crippen LogP contribution in [0.1, 0.15) is 263 Å². The van der Waals surface area contributed by atoms with Gasteiger partial charge in [0.15, 0.2) is 0 Å². The van der Waals surface area contributed by atoms with Crippen molar-refractivity contribution in [2.45, 2.75) is 230 Å². The molecule has 9 aromatic rings. The standard InChI is InChI=1S/C11H17NO2.C10H16N2O3.C10H15NS.C8H12N2O.2C8H12N2.C7H10N2O.C7H10N2.C6H9N3/c1-9(2)10-4-5-11(13)12(8-10)6-7-14-3;1-7(2)9-3-12-10(4-11-9)15-6-8(14)5-13;1-7(2)10-11-8-5-3-4-6-9(8)12-10;1-6(2)7-8(11-3)10-5-4-9-7;1-6(2)8-5-9-7(3)4-10-8;1-6(2)8-5-9-4-7(3)10-8;1-5(2)6-3-9-7(10)4-8-6;1-6(2)7-3-8-5-9-4-7;1-5(2)6-3-8-9-4-7-6/h4-5,8-9H,6-7H2,1-3H3;3-4,7-8,13-14H,5-6H2,1-2H3;7H,3-6H2,1-2H3;4-6H,1-3H3;2*4-6H,1-3H3;3-5H,1-2H3,(H,9,10);3-6H,1-2H3;3-5H,1-2H3. The molecular formula is C75H113N17O7S. The summed E-state index contributed by atoms with van der Waals surface area (Å²) in [6, 6.07) is 3.50. The molecule has 0 fully saturated rings. The van der Waals surface area contributed by atoms with Crippen LogP contribution in [0.2, 0.25) is 0 Å².